The Morgan fingerprint density at radius 3 is 2.94 bits per heavy atom. The summed E-state index contributed by atoms with van der Waals surface area (Å²) >= 11 is 1.30. The maximum atomic E-state index is 9.22. The van der Waals surface area contributed by atoms with Gasteiger partial charge in [0.15, 0.2) is 5.01 Å². The van der Waals surface area contributed by atoms with Gasteiger partial charge in [0.05, 0.1) is 23.9 Å². The van der Waals surface area contributed by atoms with E-state index in [2.05, 4.69) is 21.5 Å². The normalized spacial score (nSPS) is 10.2. The van der Waals surface area contributed by atoms with Gasteiger partial charge in [0.25, 0.3) is 0 Å². The van der Waals surface area contributed by atoms with Crippen LogP contribution in [0.4, 0.5) is 0 Å². The van der Waals surface area contributed by atoms with Gasteiger partial charge in [-0.25, -0.2) is 9.97 Å². The fraction of sp³-hybridized carbons (Fsp3) is 0.182. The van der Waals surface area contributed by atoms with Crippen LogP contribution in [-0.4, -0.2) is 26.7 Å². The topological polar surface area (TPSA) is 68.1 Å². The molecule has 0 saturated heterocycles. The van der Waals surface area contributed by atoms with Crippen molar-refractivity contribution in [3.63, 3.8) is 0 Å². The van der Waals surface area contributed by atoms with Crippen molar-refractivity contribution in [2.45, 2.75) is 6.92 Å². The molecule has 0 aliphatic carbocycles. The monoisotopic (exact) mass is 249 g/mol. The highest BCUT2D eigenvalue weighted by atomic mass is 32.1. The van der Waals surface area contributed by atoms with Gasteiger partial charge >= 0.3 is 0 Å². The summed E-state index contributed by atoms with van der Waals surface area (Å²) in [5, 5.41) is 9.69. The first-order valence-electron chi connectivity index (χ1n) is 5.00. The molecule has 6 heteroatoms. The molecule has 0 unspecified atom stereocenters. The molecule has 0 radical (unpaired) electrons. The number of ether oxygens (including phenoxy) is 1. The molecule has 2 aromatic heterocycles. The Morgan fingerprint density at radius 1 is 1.47 bits per heavy atom. The van der Waals surface area contributed by atoms with Crippen molar-refractivity contribution >= 4 is 17.1 Å². The van der Waals surface area contributed by atoms with E-state index >= 15 is 0 Å². The molecule has 0 aromatic carbocycles. The van der Waals surface area contributed by atoms with Crippen LogP contribution in [0.15, 0.2) is 25.2 Å². The van der Waals surface area contributed by atoms with Crippen molar-refractivity contribution in [2.75, 3.05) is 6.61 Å². The summed E-state index contributed by atoms with van der Waals surface area (Å²) < 4.78 is 5.27. The highest BCUT2D eigenvalue weighted by Gasteiger charge is 2.08. The Kier molecular flexibility index (Phi) is 3.34. The molecule has 0 fully saturated rings. The molecular formula is C11H11N3O2S. The second kappa shape index (κ2) is 4.92. The molecule has 2 heterocycles. The van der Waals surface area contributed by atoms with Gasteiger partial charge in [-0.15, -0.1) is 11.3 Å². The maximum Gasteiger partial charge on any atom is 0.232 e. The van der Waals surface area contributed by atoms with Gasteiger partial charge in [-0.3, -0.25) is 4.98 Å². The quantitative estimate of drug-likeness (QED) is 0.843. The molecule has 0 saturated carbocycles. The SMILES string of the molecule is C=C(O)c1ncc(-c2cncc(OCC)n2)s1. The third kappa shape index (κ3) is 2.59. The first-order valence-corrected chi connectivity index (χ1v) is 5.81. The summed E-state index contributed by atoms with van der Waals surface area (Å²) in [6.45, 7) is 5.85. The second-order valence-electron chi connectivity index (χ2n) is 3.15. The minimum Gasteiger partial charge on any atom is -0.505 e. The van der Waals surface area contributed by atoms with Crippen molar-refractivity contribution in [3.05, 3.63) is 30.2 Å². The van der Waals surface area contributed by atoms with Crippen LogP contribution < -0.4 is 4.74 Å². The van der Waals surface area contributed by atoms with Crippen LogP contribution in [0, 0.1) is 0 Å². The van der Waals surface area contributed by atoms with E-state index in [1.807, 2.05) is 6.92 Å². The molecule has 0 bridgehead atoms. The van der Waals surface area contributed by atoms with Gasteiger partial charge in [-0.1, -0.05) is 6.58 Å². The van der Waals surface area contributed by atoms with E-state index in [0.29, 0.717) is 23.2 Å². The first kappa shape index (κ1) is 11.5. The van der Waals surface area contributed by atoms with Crippen molar-refractivity contribution < 1.29 is 9.84 Å². The lowest BCUT2D eigenvalue weighted by Gasteiger charge is -2.01. The fourth-order valence-electron chi connectivity index (χ4n) is 1.21. The fourth-order valence-corrected chi connectivity index (χ4v) is 1.95. The summed E-state index contributed by atoms with van der Waals surface area (Å²) in [7, 11) is 0. The van der Waals surface area contributed by atoms with E-state index in [-0.39, 0.29) is 5.76 Å². The molecule has 0 spiro atoms. The number of hydrogen-bond acceptors (Lipinski definition) is 6. The molecule has 0 aliphatic heterocycles. The lowest BCUT2D eigenvalue weighted by molar-refractivity contribution is 0.325. The minimum atomic E-state index is -0.0461. The number of rotatable bonds is 4. The summed E-state index contributed by atoms with van der Waals surface area (Å²) in [6, 6.07) is 0. The first-order chi connectivity index (χ1) is 8.20. The molecule has 0 amide bonds. The number of hydrogen-bond donors (Lipinski definition) is 1. The van der Waals surface area contributed by atoms with Crippen LogP contribution in [0.1, 0.15) is 11.9 Å². The molecule has 88 valence electrons. The van der Waals surface area contributed by atoms with E-state index in [4.69, 9.17) is 4.74 Å². The standard InChI is InChI=1S/C11H11N3O2S/c1-3-16-10-6-12-4-8(14-10)9-5-13-11(17-9)7(2)15/h4-6,15H,2-3H2,1H3. The van der Waals surface area contributed by atoms with E-state index in [9.17, 15) is 5.11 Å². The molecule has 1 N–H and O–H groups in total. The second-order valence-corrected chi connectivity index (χ2v) is 4.18. The molecule has 0 atom stereocenters. The van der Waals surface area contributed by atoms with Crippen LogP contribution in [0.25, 0.3) is 16.3 Å². The van der Waals surface area contributed by atoms with E-state index in [1.54, 1.807) is 18.6 Å². The minimum absolute atomic E-state index is 0.0461. The summed E-state index contributed by atoms with van der Waals surface area (Å²) in [4.78, 5) is 13.2. The number of aliphatic hydroxyl groups is 1. The van der Waals surface area contributed by atoms with E-state index < -0.39 is 0 Å². The van der Waals surface area contributed by atoms with Crippen molar-refractivity contribution in [1.82, 2.24) is 15.0 Å². The smallest absolute Gasteiger partial charge is 0.232 e. The predicted molar refractivity (Wildman–Crippen MR) is 66.0 cm³/mol. The van der Waals surface area contributed by atoms with Gasteiger partial charge in [0, 0.05) is 6.20 Å². The molecule has 0 aliphatic rings. The van der Waals surface area contributed by atoms with Crippen LogP contribution in [0.3, 0.4) is 0 Å². The van der Waals surface area contributed by atoms with Crippen molar-refractivity contribution in [1.29, 1.82) is 0 Å². The number of aromatic nitrogens is 3. The van der Waals surface area contributed by atoms with Gasteiger partial charge in [-0.2, -0.15) is 0 Å². The Labute approximate surface area is 102 Å². The number of thiazole rings is 1. The van der Waals surface area contributed by atoms with Gasteiger partial charge in [0.1, 0.15) is 11.5 Å². The zero-order valence-electron chi connectivity index (χ0n) is 9.25. The Bertz CT molecular complexity index is 539. The molecule has 2 rings (SSSR count). The molecule has 2 aromatic rings. The Balaban J connectivity index is 2.31. The lowest BCUT2D eigenvalue weighted by atomic mass is 10.4. The van der Waals surface area contributed by atoms with E-state index in [1.165, 1.54) is 11.3 Å². The van der Waals surface area contributed by atoms with Crippen LogP contribution in [0.2, 0.25) is 0 Å². The summed E-state index contributed by atoms with van der Waals surface area (Å²) in [5.74, 6) is 0.429. The third-order valence-electron chi connectivity index (χ3n) is 1.91. The number of aliphatic hydroxyl groups excluding tert-OH is 1. The molecule has 17 heavy (non-hydrogen) atoms. The van der Waals surface area contributed by atoms with Crippen molar-refractivity contribution in [3.8, 4) is 16.5 Å². The lowest BCUT2D eigenvalue weighted by Crippen LogP contribution is -1.95. The highest BCUT2D eigenvalue weighted by molar-refractivity contribution is 7.16. The maximum absolute atomic E-state index is 9.22. The van der Waals surface area contributed by atoms with Crippen molar-refractivity contribution in [2.24, 2.45) is 0 Å². The van der Waals surface area contributed by atoms with Crippen LogP contribution >= 0.6 is 11.3 Å². The largest absolute Gasteiger partial charge is 0.505 e. The molecular weight excluding hydrogens is 238 g/mol. The van der Waals surface area contributed by atoms with Gasteiger partial charge in [0.2, 0.25) is 5.88 Å². The number of nitrogens with zero attached hydrogens (tertiary/aromatic N) is 3. The van der Waals surface area contributed by atoms with Crippen LogP contribution in [0.5, 0.6) is 5.88 Å². The van der Waals surface area contributed by atoms with Gasteiger partial charge in [-0.05, 0) is 6.92 Å². The Hall–Kier alpha value is -1.95. The summed E-state index contributed by atoms with van der Waals surface area (Å²) in [6.07, 6.45) is 4.81. The average molecular weight is 249 g/mol. The third-order valence-corrected chi connectivity index (χ3v) is 2.98. The van der Waals surface area contributed by atoms with E-state index in [0.717, 1.165) is 4.88 Å². The highest BCUT2D eigenvalue weighted by Crippen LogP contribution is 2.27. The van der Waals surface area contributed by atoms with Gasteiger partial charge < -0.3 is 9.84 Å². The predicted octanol–water partition coefficient (Wildman–Crippen LogP) is 2.53. The summed E-state index contributed by atoms with van der Waals surface area (Å²) in [5.41, 5.74) is 0.668. The Morgan fingerprint density at radius 2 is 2.29 bits per heavy atom. The zero-order valence-corrected chi connectivity index (χ0v) is 10.1. The molecule has 5 nitrogen and oxygen atoms in total. The zero-order chi connectivity index (χ0) is 12.3. The average Bonchev–Trinajstić information content (AvgIpc) is 2.79. The van der Waals surface area contributed by atoms with Crippen LogP contribution in [-0.2, 0) is 0 Å².